The molecule has 2 heterocycles. The molecule has 0 aliphatic heterocycles. The van der Waals surface area contributed by atoms with Crippen molar-refractivity contribution >= 4 is 22.7 Å². The van der Waals surface area contributed by atoms with E-state index in [1.54, 1.807) is 0 Å². The van der Waals surface area contributed by atoms with Crippen molar-refractivity contribution in [3.8, 4) is 0 Å². The molecule has 1 aliphatic rings. The van der Waals surface area contributed by atoms with E-state index in [-0.39, 0.29) is 23.1 Å². The minimum atomic E-state index is -0.269. The van der Waals surface area contributed by atoms with Gasteiger partial charge in [0.2, 0.25) is 0 Å². The summed E-state index contributed by atoms with van der Waals surface area (Å²) in [5.41, 5.74) is 4.50. The Kier molecular flexibility index (Phi) is 5.47. The van der Waals surface area contributed by atoms with Crippen molar-refractivity contribution in [1.29, 1.82) is 0 Å². The van der Waals surface area contributed by atoms with Gasteiger partial charge < -0.3 is 20.2 Å². The minimum Gasteiger partial charge on any atom is -0.354 e. The molecule has 0 saturated carbocycles. The average Bonchev–Trinajstić information content (AvgIpc) is 3.25. The number of nitrogens with zero attached hydrogens (tertiary/aromatic N) is 2. The van der Waals surface area contributed by atoms with Crippen LogP contribution in [0.3, 0.4) is 0 Å². The number of amides is 1. The number of carbonyl (C=O) groups is 2. The summed E-state index contributed by atoms with van der Waals surface area (Å²) in [5.74, 6) is 0.643. The molecular formula is C24H31N5O2. The lowest BCUT2D eigenvalue weighted by molar-refractivity contribution is 0.0908. The van der Waals surface area contributed by atoms with Crippen LogP contribution < -0.4 is 5.32 Å². The van der Waals surface area contributed by atoms with E-state index in [2.05, 4.69) is 34.0 Å². The first kappa shape index (κ1) is 21.3. The van der Waals surface area contributed by atoms with Crippen molar-refractivity contribution < 1.29 is 9.59 Å². The molecule has 1 aliphatic carbocycles. The van der Waals surface area contributed by atoms with Crippen molar-refractivity contribution in [3.05, 3.63) is 52.6 Å². The van der Waals surface area contributed by atoms with Crippen molar-refractivity contribution in [3.63, 3.8) is 0 Å². The average molecular weight is 422 g/mol. The van der Waals surface area contributed by atoms with Gasteiger partial charge in [0.05, 0.1) is 17.1 Å². The molecule has 7 heteroatoms. The Morgan fingerprint density at radius 3 is 2.68 bits per heavy atom. The summed E-state index contributed by atoms with van der Waals surface area (Å²) >= 11 is 0. The molecule has 31 heavy (non-hydrogen) atoms. The van der Waals surface area contributed by atoms with Crippen LogP contribution in [0.2, 0.25) is 0 Å². The number of benzene rings is 1. The molecule has 0 radical (unpaired) electrons. The molecule has 4 rings (SSSR count). The summed E-state index contributed by atoms with van der Waals surface area (Å²) in [6.07, 6.45) is 1.98. The summed E-state index contributed by atoms with van der Waals surface area (Å²) < 4.78 is 0. The Morgan fingerprint density at radius 1 is 1.23 bits per heavy atom. The maximum Gasteiger partial charge on any atom is 0.268 e. The summed E-state index contributed by atoms with van der Waals surface area (Å²) in [4.78, 5) is 39.4. The van der Waals surface area contributed by atoms with Crippen LogP contribution in [0.1, 0.15) is 70.7 Å². The first-order valence-corrected chi connectivity index (χ1v) is 10.8. The van der Waals surface area contributed by atoms with Crippen LogP contribution in [0.5, 0.6) is 0 Å². The van der Waals surface area contributed by atoms with E-state index < -0.39 is 0 Å². The lowest BCUT2D eigenvalue weighted by atomic mass is 9.75. The lowest BCUT2D eigenvalue weighted by Crippen LogP contribution is -2.32. The van der Waals surface area contributed by atoms with Crippen molar-refractivity contribution in [2.75, 3.05) is 20.6 Å². The standard InChI is InChI=1S/C24H31N5O2/c1-14-20-18(12-24(2,3)13-19(20)30)25-21(14)23(31)28-17(10-11-29(4)5)22-26-15-8-6-7-9-16(15)27-22/h6-9,17,25H,10-13H2,1-5H3,(H,26,27)(H,28,31)/t17-/m0/s1. The quantitative estimate of drug-likeness (QED) is 0.565. The summed E-state index contributed by atoms with van der Waals surface area (Å²) in [5, 5.41) is 3.15. The molecule has 1 atom stereocenters. The van der Waals surface area contributed by atoms with Gasteiger partial charge in [-0.3, -0.25) is 9.59 Å². The zero-order chi connectivity index (χ0) is 22.3. The van der Waals surface area contributed by atoms with Gasteiger partial charge in [-0.15, -0.1) is 0 Å². The third-order valence-corrected chi connectivity index (χ3v) is 6.04. The molecule has 3 N–H and O–H groups in total. The van der Waals surface area contributed by atoms with Crippen LogP contribution >= 0.6 is 0 Å². The molecule has 7 nitrogen and oxygen atoms in total. The highest BCUT2D eigenvalue weighted by atomic mass is 16.2. The molecule has 0 bridgehead atoms. The van der Waals surface area contributed by atoms with Gasteiger partial charge in [-0.2, -0.15) is 0 Å². The number of nitrogens with one attached hydrogen (secondary N) is 3. The number of carbonyl (C=O) groups excluding carboxylic acids is 2. The SMILES string of the molecule is Cc1c(C(=O)N[C@@H](CCN(C)C)c2nc3ccccc3[nH]2)[nH]c2c1C(=O)CC(C)(C)C2. The summed E-state index contributed by atoms with van der Waals surface area (Å²) in [6.45, 7) is 6.83. The zero-order valence-electron chi connectivity index (χ0n) is 18.9. The van der Waals surface area contributed by atoms with Crippen LogP contribution in [0, 0.1) is 12.3 Å². The topological polar surface area (TPSA) is 93.9 Å². The number of fused-ring (bicyclic) bond motifs is 2. The minimum absolute atomic E-state index is 0.0996. The largest absolute Gasteiger partial charge is 0.354 e. The molecule has 164 valence electrons. The lowest BCUT2D eigenvalue weighted by Gasteiger charge is -2.28. The van der Waals surface area contributed by atoms with E-state index in [0.717, 1.165) is 41.1 Å². The first-order chi connectivity index (χ1) is 14.6. The van der Waals surface area contributed by atoms with Crippen molar-refractivity contribution in [2.45, 2.75) is 46.1 Å². The van der Waals surface area contributed by atoms with Gasteiger partial charge in [-0.25, -0.2) is 4.98 Å². The molecule has 3 aromatic rings. The number of imidazole rings is 1. The number of hydrogen-bond donors (Lipinski definition) is 3. The van der Waals surface area contributed by atoms with Crippen LogP contribution in [0.15, 0.2) is 24.3 Å². The van der Waals surface area contributed by atoms with E-state index in [0.29, 0.717) is 24.1 Å². The Labute approximate surface area is 182 Å². The smallest absolute Gasteiger partial charge is 0.268 e. The molecular weight excluding hydrogens is 390 g/mol. The van der Waals surface area contributed by atoms with Gasteiger partial charge in [0.1, 0.15) is 11.5 Å². The number of ketones is 1. The number of rotatable bonds is 6. The van der Waals surface area contributed by atoms with Crippen LogP contribution in [-0.4, -0.2) is 52.2 Å². The van der Waals surface area contributed by atoms with E-state index in [1.165, 1.54) is 0 Å². The van der Waals surface area contributed by atoms with Crippen molar-refractivity contribution in [2.24, 2.45) is 5.41 Å². The number of aromatic amines is 2. The normalized spacial score (nSPS) is 16.5. The van der Waals surface area contributed by atoms with Gasteiger partial charge in [0.15, 0.2) is 5.78 Å². The van der Waals surface area contributed by atoms with Crippen LogP contribution in [0.25, 0.3) is 11.0 Å². The Hall–Kier alpha value is -2.93. The van der Waals surface area contributed by atoms with E-state index in [9.17, 15) is 9.59 Å². The Balaban J connectivity index is 1.63. The molecule has 1 amide bonds. The van der Waals surface area contributed by atoms with Gasteiger partial charge in [0, 0.05) is 17.7 Å². The van der Waals surface area contributed by atoms with E-state index in [1.807, 2.05) is 45.3 Å². The number of hydrogen-bond acceptors (Lipinski definition) is 4. The molecule has 0 spiro atoms. The fourth-order valence-electron chi connectivity index (χ4n) is 4.49. The number of Topliss-reactive ketones (excluding diaryl/α,β-unsaturated/α-hetero) is 1. The predicted molar refractivity (Wildman–Crippen MR) is 121 cm³/mol. The molecule has 2 aromatic heterocycles. The highest BCUT2D eigenvalue weighted by Crippen LogP contribution is 2.36. The van der Waals surface area contributed by atoms with Crippen LogP contribution in [0.4, 0.5) is 0 Å². The molecule has 0 fully saturated rings. The van der Waals surface area contributed by atoms with E-state index >= 15 is 0 Å². The second-order valence-corrected chi connectivity index (χ2v) is 9.68. The maximum absolute atomic E-state index is 13.3. The number of aromatic nitrogens is 3. The van der Waals surface area contributed by atoms with Gasteiger partial charge in [-0.1, -0.05) is 26.0 Å². The van der Waals surface area contributed by atoms with E-state index in [4.69, 9.17) is 4.98 Å². The predicted octanol–water partition coefficient (Wildman–Crippen LogP) is 3.78. The first-order valence-electron chi connectivity index (χ1n) is 10.8. The van der Waals surface area contributed by atoms with Crippen molar-refractivity contribution in [1.82, 2.24) is 25.2 Å². The molecule has 0 unspecified atom stereocenters. The summed E-state index contributed by atoms with van der Waals surface area (Å²) in [7, 11) is 4.02. The second-order valence-electron chi connectivity index (χ2n) is 9.68. The van der Waals surface area contributed by atoms with Crippen LogP contribution in [-0.2, 0) is 6.42 Å². The van der Waals surface area contributed by atoms with Gasteiger partial charge in [-0.05, 0) is 63.5 Å². The fraction of sp³-hybridized carbons (Fsp3) is 0.458. The fourth-order valence-corrected chi connectivity index (χ4v) is 4.49. The van der Waals surface area contributed by atoms with Gasteiger partial charge >= 0.3 is 0 Å². The monoisotopic (exact) mass is 421 g/mol. The highest BCUT2D eigenvalue weighted by Gasteiger charge is 2.35. The second kappa shape index (κ2) is 7.96. The highest BCUT2D eigenvalue weighted by molar-refractivity contribution is 6.04. The van der Waals surface area contributed by atoms with Gasteiger partial charge in [0.25, 0.3) is 5.91 Å². The molecule has 1 aromatic carbocycles. The third kappa shape index (κ3) is 4.28. The number of para-hydroxylation sites is 2. The molecule has 0 saturated heterocycles. The third-order valence-electron chi connectivity index (χ3n) is 6.04. The number of H-pyrrole nitrogens is 2. The zero-order valence-corrected chi connectivity index (χ0v) is 18.9. The summed E-state index contributed by atoms with van der Waals surface area (Å²) in [6, 6.07) is 7.58. The Morgan fingerprint density at radius 2 is 1.97 bits per heavy atom. The Bertz CT molecular complexity index is 1110. The maximum atomic E-state index is 13.3.